The summed E-state index contributed by atoms with van der Waals surface area (Å²) >= 11 is 0. The topological polar surface area (TPSA) is 102 Å². The van der Waals surface area contributed by atoms with Gasteiger partial charge in [-0.25, -0.2) is 14.2 Å². The van der Waals surface area contributed by atoms with Gasteiger partial charge in [-0.3, -0.25) is 9.63 Å². The molecule has 1 aliphatic heterocycles. The molecule has 26 heavy (non-hydrogen) atoms. The van der Waals surface area contributed by atoms with Crippen molar-refractivity contribution in [1.29, 1.82) is 0 Å². The van der Waals surface area contributed by atoms with Gasteiger partial charge in [0.2, 0.25) is 6.41 Å². The first-order valence-corrected chi connectivity index (χ1v) is 8.92. The van der Waals surface area contributed by atoms with E-state index < -0.39 is 6.03 Å². The largest absolute Gasteiger partial charge is 0.351 e. The van der Waals surface area contributed by atoms with Crippen molar-refractivity contribution in [1.82, 2.24) is 9.96 Å². The molecule has 1 aromatic rings. The zero-order chi connectivity index (χ0) is 19.1. The molecule has 1 heterocycles. The van der Waals surface area contributed by atoms with Crippen molar-refractivity contribution >= 4 is 12.4 Å². The number of urea groups is 1. The zero-order valence-corrected chi connectivity index (χ0v) is 15.1. The summed E-state index contributed by atoms with van der Waals surface area (Å²) in [5, 5.41) is 1.33. The van der Waals surface area contributed by atoms with Gasteiger partial charge in [0.05, 0.1) is 18.7 Å². The fourth-order valence-electron chi connectivity index (χ4n) is 3.35. The Labute approximate surface area is 153 Å². The maximum Gasteiger partial charge on any atom is 0.315 e. The lowest BCUT2D eigenvalue weighted by atomic mass is 9.89. The Morgan fingerprint density at radius 1 is 1.50 bits per heavy atom. The lowest BCUT2D eigenvalue weighted by Gasteiger charge is -2.41. The fourth-order valence-corrected chi connectivity index (χ4v) is 3.35. The number of hydrogen-bond donors (Lipinski definition) is 2. The Kier molecular flexibility index (Phi) is 7.35. The van der Waals surface area contributed by atoms with Crippen LogP contribution in [0.4, 0.5) is 9.18 Å². The number of likely N-dealkylation sites (tertiary alicyclic amines) is 1. The van der Waals surface area contributed by atoms with Crippen molar-refractivity contribution in [2.75, 3.05) is 13.2 Å². The van der Waals surface area contributed by atoms with E-state index in [1.165, 1.54) is 22.1 Å². The van der Waals surface area contributed by atoms with Crippen LogP contribution < -0.4 is 11.5 Å². The van der Waals surface area contributed by atoms with Gasteiger partial charge in [0.1, 0.15) is 5.82 Å². The number of primary amides is 1. The van der Waals surface area contributed by atoms with Crippen molar-refractivity contribution in [3.8, 4) is 0 Å². The van der Waals surface area contributed by atoms with Crippen LogP contribution >= 0.6 is 0 Å². The number of carbonyl (C=O) groups excluding carboxylic acids is 2. The molecular weight excluding hydrogens is 339 g/mol. The molecule has 4 N–H and O–H groups in total. The molecule has 0 aromatic heterocycles. The monoisotopic (exact) mass is 366 g/mol. The van der Waals surface area contributed by atoms with E-state index in [-0.39, 0.29) is 24.4 Å². The van der Waals surface area contributed by atoms with E-state index in [2.05, 4.69) is 0 Å². The van der Waals surface area contributed by atoms with Gasteiger partial charge in [-0.05, 0) is 42.5 Å². The number of amides is 3. The molecule has 0 radical (unpaired) electrons. The van der Waals surface area contributed by atoms with Crippen LogP contribution in [-0.2, 0) is 16.2 Å². The maximum absolute atomic E-state index is 13.6. The molecule has 1 saturated heterocycles. The predicted molar refractivity (Wildman–Crippen MR) is 95.1 cm³/mol. The van der Waals surface area contributed by atoms with E-state index in [1.54, 1.807) is 6.07 Å². The van der Waals surface area contributed by atoms with Crippen LogP contribution in [0, 0.1) is 5.82 Å². The summed E-state index contributed by atoms with van der Waals surface area (Å²) in [5.74, 6) is -0.385. The smallest absolute Gasteiger partial charge is 0.315 e. The average Bonchev–Trinajstić information content (AvgIpc) is 2.64. The lowest BCUT2D eigenvalue weighted by Crippen LogP contribution is -2.49. The number of piperidine rings is 1. The number of halogens is 1. The standard InChI is InChI=1S/C18H27FN4O3/c1-2-3-8-26-23(12-24)15-6-7-22(18(21)25)17(10-15)16-5-4-14(19)9-13(16)11-20/h4-5,9,12,15,17H,2-3,6-8,10-11,20H2,1H3,(H2,21,25). The van der Waals surface area contributed by atoms with Crippen molar-refractivity contribution in [2.45, 2.75) is 51.2 Å². The minimum absolute atomic E-state index is 0.144. The van der Waals surface area contributed by atoms with Crippen molar-refractivity contribution in [3.63, 3.8) is 0 Å². The summed E-state index contributed by atoms with van der Waals surface area (Å²) in [5.41, 5.74) is 12.7. The molecule has 0 aliphatic carbocycles. The number of hydroxylamine groups is 2. The maximum atomic E-state index is 13.6. The van der Waals surface area contributed by atoms with Crippen molar-refractivity contribution in [3.05, 3.63) is 35.1 Å². The normalized spacial score (nSPS) is 20.0. The van der Waals surface area contributed by atoms with Gasteiger partial charge in [-0.15, -0.1) is 0 Å². The second kappa shape index (κ2) is 9.49. The van der Waals surface area contributed by atoms with E-state index in [0.29, 0.717) is 38.0 Å². The molecule has 3 amide bonds. The fraction of sp³-hybridized carbons (Fsp3) is 0.556. The van der Waals surface area contributed by atoms with Gasteiger partial charge in [0, 0.05) is 13.1 Å². The summed E-state index contributed by atoms with van der Waals surface area (Å²) in [6.07, 6.45) is 3.50. The highest BCUT2D eigenvalue weighted by molar-refractivity contribution is 5.73. The Bertz CT molecular complexity index is 628. The molecule has 1 aliphatic rings. The Balaban J connectivity index is 2.25. The third-order valence-corrected chi connectivity index (χ3v) is 4.74. The minimum Gasteiger partial charge on any atom is -0.351 e. The highest BCUT2D eigenvalue weighted by Gasteiger charge is 2.35. The van der Waals surface area contributed by atoms with Crippen LogP contribution in [0.1, 0.15) is 49.8 Å². The predicted octanol–water partition coefficient (Wildman–Crippen LogP) is 2.06. The number of benzene rings is 1. The minimum atomic E-state index is -0.551. The summed E-state index contributed by atoms with van der Waals surface area (Å²) in [4.78, 5) is 30.5. The van der Waals surface area contributed by atoms with Crippen LogP contribution in [0.25, 0.3) is 0 Å². The highest BCUT2D eigenvalue weighted by atomic mass is 19.1. The van der Waals surface area contributed by atoms with Crippen LogP contribution in [0.3, 0.4) is 0 Å². The molecule has 8 heteroatoms. The third kappa shape index (κ3) is 4.70. The van der Waals surface area contributed by atoms with E-state index in [1.807, 2.05) is 6.92 Å². The molecule has 144 valence electrons. The SMILES string of the molecule is CCCCON(C=O)C1CCN(C(N)=O)C(c2ccc(F)cc2CN)C1. The van der Waals surface area contributed by atoms with Gasteiger partial charge in [0.15, 0.2) is 0 Å². The molecule has 0 saturated carbocycles. The first-order valence-electron chi connectivity index (χ1n) is 8.92. The van der Waals surface area contributed by atoms with Gasteiger partial charge >= 0.3 is 6.03 Å². The van der Waals surface area contributed by atoms with Crippen LogP contribution in [-0.4, -0.2) is 41.6 Å². The third-order valence-electron chi connectivity index (χ3n) is 4.74. The molecular formula is C18H27FN4O3. The first kappa shape index (κ1) is 20.1. The van der Waals surface area contributed by atoms with Crippen molar-refractivity contribution < 1.29 is 18.8 Å². The molecule has 2 atom stereocenters. The van der Waals surface area contributed by atoms with Gasteiger partial charge in [0.25, 0.3) is 0 Å². The summed E-state index contributed by atoms with van der Waals surface area (Å²) < 4.78 is 13.6. The molecule has 7 nitrogen and oxygen atoms in total. The van der Waals surface area contributed by atoms with Crippen LogP contribution in [0.5, 0.6) is 0 Å². The second-order valence-corrected chi connectivity index (χ2v) is 6.42. The van der Waals surface area contributed by atoms with Gasteiger partial charge in [-0.2, -0.15) is 0 Å². The summed E-state index contributed by atoms with van der Waals surface area (Å²) in [6, 6.07) is 3.21. The van der Waals surface area contributed by atoms with E-state index >= 15 is 0 Å². The Morgan fingerprint density at radius 3 is 2.88 bits per heavy atom. The summed E-state index contributed by atoms with van der Waals surface area (Å²) in [7, 11) is 0. The van der Waals surface area contributed by atoms with Crippen LogP contribution in [0.15, 0.2) is 18.2 Å². The lowest BCUT2D eigenvalue weighted by molar-refractivity contribution is -0.193. The molecule has 2 unspecified atom stereocenters. The van der Waals surface area contributed by atoms with Crippen LogP contribution in [0.2, 0.25) is 0 Å². The summed E-state index contributed by atoms with van der Waals surface area (Å²) in [6.45, 7) is 3.03. The van der Waals surface area contributed by atoms with E-state index in [0.717, 1.165) is 18.4 Å². The molecule has 2 rings (SSSR count). The average molecular weight is 366 g/mol. The van der Waals surface area contributed by atoms with E-state index in [4.69, 9.17) is 16.3 Å². The number of nitrogens with two attached hydrogens (primary N) is 2. The van der Waals surface area contributed by atoms with Crippen molar-refractivity contribution in [2.24, 2.45) is 11.5 Å². The molecule has 0 spiro atoms. The number of unbranched alkanes of at least 4 members (excludes halogenated alkanes) is 1. The Morgan fingerprint density at radius 2 is 2.27 bits per heavy atom. The molecule has 1 aromatic carbocycles. The number of nitrogens with zero attached hydrogens (tertiary/aromatic N) is 2. The zero-order valence-electron chi connectivity index (χ0n) is 15.1. The number of hydrogen-bond acceptors (Lipinski definition) is 4. The number of carbonyl (C=O) groups is 2. The second-order valence-electron chi connectivity index (χ2n) is 6.42. The van der Waals surface area contributed by atoms with Gasteiger partial charge < -0.3 is 16.4 Å². The number of rotatable bonds is 8. The quantitative estimate of drug-likeness (QED) is 0.418. The van der Waals surface area contributed by atoms with Gasteiger partial charge in [-0.1, -0.05) is 19.4 Å². The highest BCUT2D eigenvalue weighted by Crippen LogP contribution is 2.35. The van der Waals surface area contributed by atoms with E-state index in [9.17, 15) is 14.0 Å². The first-order chi connectivity index (χ1) is 12.5. The molecule has 0 bridgehead atoms. The molecule has 1 fully saturated rings. The Hall–Kier alpha value is -2.19.